The largest absolute Gasteiger partial charge is 0.508 e. The molecule has 0 aromatic heterocycles. The van der Waals surface area contributed by atoms with Crippen LogP contribution in [0.4, 0.5) is 5.69 Å². The van der Waals surface area contributed by atoms with Gasteiger partial charge in [0, 0.05) is 33.7 Å². The number of halogens is 2. The van der Waals surface area contributed by atoms with E-state index in [1.807, 2.05) is 48.6 Å². The van der Waals surface area contributed by atoms with Gasteiger partial charge >= 0.3 is 0 Å². The molecule has 48 heavy (non-hydrogen) atoms. The Hall–Kier alpha value is -4.73. The predicted octanol–water partition coefficient (Wildman–Crippen LogP) is 7.20. The molecule has 3 aromatic rings. The summed E-state index contributed by atoms with van der Waals surface area (Å²) >= 11 is 9.87. The molecule has 3 aliphatic carbocycles. The Bertz CT molecular complexity index is 2040. The summed E-state index contributed by atoms with van der Waals surface area (Å²) in [6.07, 6.45) is 7.46. The SMILES string of the molecule is COc1ccc(OC)c(C=Cc2ccc(N3C(=O)C4CC=C5C(c6ccc(O)cc6Cl)C6=C(CC5C4C3=O)C(=O)C(Br)=CC6=O)cc2)c1. The molecule has 4 aliphatic rings. The maximum Gasteiger partial charge on any atom is 0.238 e. The fraction of sp³-hybridized carbons (Fsp3) is 0.211. The molecule has 4 atom stereocenters. The number of allylic oxidation sites excluding steroid dienone is 6. The summed E-state index contributed by atoms with van der Waals surface area (Å²) in [4.78, 5) is 56.3. The number of carbonyl (C=O) groups is 4. The fourth-order valence-electron chi connectivity index (χ4n) is 7.46. The number of ketones is 2. The molecule has 0 spiro atoms. The molecule has 0 saturated carbocycles. The van der Waals surface area contributed by atoms with Crippen LogP contribution in [0.15, 0.2) is 94.0 Å². The number of fused-ring (bicyclic) bond motifs is 3. The van der Waals surface area contributed by atoms with Crippen molar-refractivity contribution in [2.75, 3.05) is 19.1 Å². The molecule has 3 aromatic carbocycles. The van der Waals surface area contributed by atoms with E-state index in [2.05, 4.69) is 15.9 Å². The molecular weight excluding hydrogens is 698 g/mol. The van der Waals surface area contributed by atoms with Gasteiger partial charge in [-0.15, -0.1) is 0 Å². The average molecular weight is 727 g/mol. The number of amides is 2. The fourth-order valence-corrected chi connectivity index (χ4v) is 8.19. The maximum atomic E-state index is 14.2. The molecule has 2 amide bonds. The summed E-state index contributed by atoms with van der Waals surface area (Å²) in [5.41, 5.74) is 4.11. The van der Waals surface area contributed by atoms with Crippen molar-refractivity contribution in [1.29, 1.82) is 0 Å². The van der Waals surface area contributed by atoms with Gasteiger partial charge in [-0.05, 0) is 88.3 Å². The van der Waals surface area contributed by atoms with Crippen LogP contribution in [0, 0.1) is 17.8 Å². The first-order valence-electron chi connectivity index (χ1n) is 15.4. The van der Waals surface area contributed by atoms with Gasteiger partial charge in [0.25, 0.3) is 0 Å². The Kier molecular flexibility index (Phi) is 8.21. The number of methoxy groups -OCH3 is 2. The molecule has 1 heterocycles. The number of rotatable bonds is 6. The Morgan fingerprint density at radius 2 is 1.69 bits per heavy atom. The van der Waals surface area contributed by atoms with Gasteiger partial charge in [-0.2, -0.15) is 0 Å². The quantitative estimate of drug-likeness (QED) is 0.124. The number of anilines is 1. The second-order valence-corrected chi connectivity index (χ2v) is 13.4. The van der Waals surface area contributed by atoms with Crippen LogP contribution in [-0.4, -0.2) is 42.7 Å². The first kappa shape index (κ1) is 31.8. The third kappa shape index (κ3) is 5.22. The normalized spacial score (nSPS) is 23.5. The average Bonchev–Trinajstić information content (AvgIpc) is 3.34. The number of hydrogen-bond acceptors (Lipinski definition) is 7. The van der Waals surface area contributed by atoms with Crippen molar-refractivity contribution in [2.24, 2.45) is 17.8 Å². The van der Waals surface area contributed by atoms with E-state index in [-0.39, 0.29) is 45.1 Å². The monoisotopic (exact) mass is 725 g/mol. The zero-order valence-electron chi connectivity index (χ0n) is 25.9. The number of ether oxygens (including phenoxy) is 2. The standard InChI is InChI=1S/C38H29BrClNO7/c1-47-23-10-14-32(48-2)20(15-23)6-3-19-4-7-21(8-5-19)41-37(45)26-13-12-24-27(34(26)38(41)46)17-28-35(31(43)18-29(39)36(28)44)33(24)25-11-9-22(42)16-30(25)40/h3-12,14-16,18,26-27,33-34,42H,13,17H2,1-2H3. The summed E-state index contributed by atoms with van der Waals surface area (Å²) < 4.78 is 10.9. The zero-order valence-corrected chi connectivity index (χ0v) is 28.2. The number of phenols is 1. The topological polar surface area (TPSA) is 110 Å². The Labute approximate surface area is 290 Å². The van der Waals surface area contributed by atoms with Crippen molar-refractivity contribution in [3.63, 3.8) is 0 Å². The number of imide groups is 1. The van der Waals surface area contributed by atoms with Crippen LogP contribution in [0.3, 0.4) is 0 Å². The van der Waals surface area contributed by atoms with Gasteiger partial charge in [-0.3, -0.25) is 24.1 Å². The molecule has 1 N–H and O–H groups in total. The highest BCUT2D eigenvalue weighted by molar-refractivity contribution is 9.12. The van der Waals surface area contributed by atoms with E-state index in [0.717, 1.165) is 16.7 Å². The van der Waals surface area contributed by atoms with Crippen LogP contribution < -0.4 is 14.4 Å². The highest BCUT2D eigenvalue weighted by atomic mass is 79.9. The molecule has 242 valence electrons. The van der Waals surface area contributed by atoms with Gasteiger partial charge in [0.1, 0.15) is 17.2 Å². The van der Waals surface area contributed by atoms with Crippen molar-refractivity contribution in [1.82, 2.24) is 0 Å². The second-order valence-electron chi connectivity index (χ2n) is 12.1. The highest BCUT2D eigenvalue weighted by Crippen LogP contribution is 2.56. The van der Waals surface area contributed by atoms with Crippen molar-refractivity contribution >= 4 is 68.8 Å². The maximum absolute atomic E-state index is 14.2. The first-order valence-corrected chi connectivity index (χ1v) is 16.5. The molecule has 0 radical (unpaired) electrons. The minimum absolute atomic E-state index is 0.0366. The Morgan fingerprint density at radius 1 is 0.917 bits per heavy atom. The third-order valence-electron chi connectivity index (χ3n) is 9.67. The van der Waals surface area contributed by atoms with Gasteiger partial charge in [-0.1, -0.05) is 53.6 Å². The van der Waals surface area contributed by atoms with Crippen LogP contribution in [0.2, 0.25) is 5.02 Å². The van der Waals surface area contributed by atoms with Crippen LogP contribution in [0.25, 0.3) is 12.2 Å². The summed E-state index contributed by atoms with van der Waals surface area (Å²) in [6.45, 7) is 0. The lowest BCUT2D eigenvalue weighted by molar-refractivity contribution is -0.123. The number of hydrogen-bond donors (Lipinski definition) is 1. The van der Waals surface area contributed by atoms with Crippen LogP contribution in [0.5, 0.6) is 17.2 Å². The van der Waals surface area contributed by atoms with E-state index in [1.54, 1.807) is 32.4 Å². The molecule has 1 saturated heterocycles. The smallest absolute Gasteiger partial charge is 0.238 e. The number of Topliss-reactive ketones (excluding diaryl/α,β-unsaturated/α-hetero) is 1. The van der Waals surface area contributed by atoms with E-state index < -0.39 is 23.7 Å². The number of nitrogens with zero attached hydrogens (tertiary/aromatic N) is 1. The third-order valence-corrected chi connectivity index (χ3v) is 10.6. The molecule has 1 aliphatic heterocycles. The molecule has 0 bridgehead atoms. The first-order chi connectivity index (χ1) is 23.1. The van der Waals surface area contributed by atoms with Crippen molar-refractivity contribution in [3.05, 3.63) is 116 Å². The van der Waals surface area contributed by atoms with E-state index in [9.17, 15) is 24.3 Å². The molecular formula is C38H29BrClNO7. The summed E-state index contributed by atoms with van der Waals surface area (Å²) in [6, 6.07) is 17.2. The van der Waals surface area contributed by atoms with Gasteiger partial charge in [0.05, 0.1) is 36.2 Å². The Balaban J connectivity index is 1.21. The van der Waals surface area contributed by atoms with E-state index in [1.165, 1.54) is 23.1 Å². The zero-order chi connectivity index (χ0) is 33.9. The summed E-state index contributed by atoms with van der Waals surface area (Å²) in [5, 5.41) is 10.3. The van der Waals surface area contributed by atoms with Gasteiger partial charge in [0.2, 0.25) is 11.8 Å². The number of aromatic hydroxyl groups is 1. The Morgan fingerprint density at radius 3 is 2.40 bits per heavy atom. The molecule has 7 rings (SSSR count). The van der Waals surface area contributed by atoms with E-state index in [0.29, 0.717) is 40.3 Å². The summed E-state index contributed by atoms with van der Waals surface area (Å²) in [5.74, 6) is -2.47. The molecule has 8 nitrogen and oxygen atoms in total. The molecule has 1 fully saturated rings. The minimum atomic E-state index is -0.724. The van der Waals surface area contributed by atoms with E-state index >= 15 is 0 Å². The lowest BCUT2D eigenvalue weighted by Crippen LogP contribution is -2.39. The lowest BCUT2D eigenvalue weighted by Gasteiger charge is -2.42. The minimum Gasteiger partial charge on any atom is -0.508 e. The number of phenolic OH excluding ortho intramolecular Hbond substituents is 1. The van der Waals surface area contributed by atoms with Crippen LogP contribution >= 0.6 is 27.5 Å². The van der Waals surface area contributed by atoms with Gasteiger partial charge in [0.15, 0.2) is 11.6 Å². The van der Waals surface area contributed by atoms with Crippen molar-refractivity contribution in [2.45, 2.75) is 18.8 Å². The second kappa shape index (κ2) is 12.4. The van der Waals surface area contributed by atoms with Crippen LogP contribution in [-0.2, 0) is 19.2 Å². The van der Waals surface area contributed by atoms with Gasteiger partial charge in [-0.25, -0.2) is 0 Å². The number of benzene rings is 3. The van der Waals surface area contributed by atoms with Crippen molar-refractivity contribution in [3.8, 4) is 17.2 Å². The summed E-state index contributed by atoms with van der Waals surface area (Å²) in [7, 11) is 3.20. The number of carbonyl (C=O) groups excluding carboxylic acids is 4. The highest BCUT2D eigenvalue weighted by Gasteiger charge is 2.56. The molecule has 10 heteroatoms. The molecule has 4 unspecified atom stereocenters. The van der Waals surface area contributed by atoms with E-state index in [4.69, 9.17) is 21.1 Å². The van der Waals surface area contributed by atoms with Crippen molar-refractivity contribution < 1.29 is 33.8 Å². The lowest BCUT2D eigenvalue weighted by atomic mass is 9.59. The predicted molar refractivity (Wildman–Crippen MR) is 185 cm³/mol. The van der Waals surface area contributed by atoms with Gasteiger partial charge < -0.3 is 14.6 Å². The van der Waals surface area contributed by atoms with Crippen LogP contribution in [0.1, 0.15) is 35.4 Å².